The summed E-state index contributed by atoms with van der Waals surface area (Å²) in [6.07, 6.45) is 3.56. The number of hydrogen-bond donors (Lipinski definition) is 0. The predicted octanol–water partition coefficient (Wildman–Crippen LogP) is 5.01. The number of nitrogens with zero attached hydrogens (tertiary/aromatic N) is 6. The number of aromatic nitrogens is 2. The number of benzene rings is 2. The summed E-state index contributed by atoms with van der Waals surface area (Å²) in [5, 5.41) is 8.95. The molecule has 2 aromatic carbocycles. The Hall–Kier alpha value is -4.30. The molecule has 9 nitrogen and oxygen atoms in total. The van der Waals surface area contributed by atoms with E-state index in [1.165, 1.54) is 47.5 Å². The van der Waals surface area contributed by atoms with Crippen molar-refractivity contribution < 1.29 is 23.1 Å². The largest absolute Gasteiger partial charge is 0.415 e. The minimum absolute atomic E-state index is 0.0111. The van der Waals surface area contributed by atoms with E-state index in [2.05, 4.69) is 9.97 Å². The third kappa shape index (κ3) is 6.29. The highest BCUT2D eigenvalue weighted by atomic mass is 35.5. The van der Waals surface area contributed by atoms with Crippen LogP contribution in [-0.4, -0.2) is 70.5 Å². The van der Waals surface area contributed by atoms with Crippen molar-refractivity contribution in [2.45, 2.75) is 31.7 Å². The van der Waals surface area contributed by atoms with Crippen molar-refractivity contribution in [3.05, 3.63) is 82.8 Å². The van der Waals surface area contributed by atoms with E-state index in [-0.39, 0.29) is 47.3 Å². The zero-order chi connectivity index (χ0) is 29.8. The molecule has 5 rings (SSSR count). The van der Waals surface area contributed by atoms with Crippen molar-refractivity contribution in [1.29, 1.82) is 5.26 Å². The van der Waals surface area contributed by atoms with E-state index in [0.29, 0.717) is 43.9 Å². The monoisotopic (exact) mass is 594 g/mol. The minimum Gasteiger partial charge on any atom is -0.410 e. The molecule has 3 heterocycles. The van der Waals surface area contributed by atoms with E-state index in [9.17, 15) is 18.4 Å². The summed E-state index contributed by atoms with van der Waals surface area (Å²) in [5.74, 6) is -0.806. The molecule has 2 saturated heterocycles. The molecular weight excluding hydrogens is 566 g/mol. The molecule has 0 spiro atoms. The highest BCUT2D eigenvalue weighted by molar-refractivity contribution is 6.30. The van der Waals surface area contributed by atoms with Gasteiger partial charge in [-0.25, -0.2) is 23.5 Å². The first kappa shape index (κ1) is 29.2. The lowest BCUT2D eigenvalue weighted by atomic mass is 9.93. The highest BCUT2D eigenvalue weighted by Gasteiger charge is 2.43. The summed E-state index contributed by atoms with van der Waals surface area (Å²) in [6, 6.07) is 11.1. The molecule has 0 N–H and O–H groups in total. The van der Waals surface area contributed by atoms with Gasteiger partial charge in [-0.2, -0.15) is 5.26 Å². The summed E-state index contributed by atoms with van der Waals surface area (Å²) in [5.41, 5.74) is 0.865. The molecule has 0 radical (unpaired) electrons. The summed E-state index contributed by atoms with van der Waals surface area (Å²) >= 11 is 5.94. The topological polar surface area (TPSA) is 103 Å². The van der Waals surface area contributed by atoms with Crippen molar-refractivity contribution in [2.75, 3.05) is 37.6 Å². The Morgan fingerprint density at radius 3 is 2.45 bits per heavy atom. The fraction of sp³-hybridized carbons (Fsp3) is 0.367. The van der Waals surface area contributed by atoms with Gasteiger partial charge in [-0.3, -0.25) is 4.79 Å². The van der Waals surface area contributed by atoms with Gasteiger partial charge in [-0.15, -0.1) is 0 Å². The van der Waals surface area contributed by atoms with Gasteiger partial charge >= 0.3 is 6.09 Å². The van der Waals surface area contributed by atoms with Crippen LogP contribution < -0.4 is 9.64 Å². The van der Waals surface area contributed by atoms with Crippen molar-refractivity contribution in [3.8, 4) is 11.8 Å². The molecule has 12 heteroatoms. The average Bonchev–Trinajstić information content (AvgIpc) is 3.45. The number of rotatable bonds is 6. The fourth-order valence-corrected chi connectivity index (χ4v) is 5.79. The molecule has 0 aliphatic carbocycles. The SMILES string of the molecule is CCN(C(=O)Oc1ccc(F)cc1)[C@@H]1CN(C(=O)C2CCN(c3cnc(C#N)cn3)CC2)C[C@H]1c1ccc(Cl)c(F)c1. The molecule has 2 fully saturated rings. The number of nitriles is 1. The highest BCUT2D eigenvalue weighted by Crippen LogP contribution is 2.35. The molecule has 218 valence electrons. The first-order valence-electron chi connectivity index (χ1n) is 13.7. The molecule has 2 aliphatic heterocycles. The van der Waals surface area contributed by atoms with Gasteiger partial charge in [0.05, 0.1) is 23.5 Å². The lowest BCUT2D eigenvalue weighted by Crippen LogP contribution is -2.47. The summed E-state index contributed by atoms with van der Waals surface area (Å²) in [4.78, 5) is 40.7. The lowest BCUT2D eigenvalue weighted by molar-refractivity contribution is -0.135. The van der Waals surface area contributed by atoms with Crippen LogP contribution in [0.25, 0.3) is 0 Å². The second-order valence-electron chi connectivity index (χ2n) is 10.3. The number of ether oxygens (including phenoxy) is 1. The van der Waals surface area contributed by atoms with Gasteiger partial charge in [0, 0.05) is 44.6 Å². The number of likely N-dealkylation sites (N-methyl/N-ethyl adjacent to an activating group) is 1. The molecular formula is C30H29ClF2N6O3. The van der Waals surface area contributed by atoms with E-state index in [0.717, 1.165) is 0 Å². The van der Waals surface area contributed by atoms with Crippen LogP contribution in [0.4, 0.5) is 19.4 Å². The molecule has 0 unspecified atom stereocenters. The Balaban J connectivity index is 1.32. The van der Waals surface area contributed by atoms with Gasteiger partial charge < -0.3 is 19.4 Å². The Kier molecular flexibility index (Phi) is 8.83. The third-order valence-corrected chi connectivity index (χ3v) is 8.19. The van der Waals surface area contributed by atoms with Crippen LogP contribution in [0, 0.1) is 28.9 Å². The summed E-state index contributed by atoms with van der Waals surface area (Å²) in [7, 11) is 0. The summed E-state index contributed by atoms with van der Waals surface area (Å²) in [6.45, 7) is 3.84. The zero-order valence-corrected chi connectivity index (χ0v) is 23.7. The quantitative estimate of drug-likeness (QED) is 0.395. The number of piperidine rings is 1. The Labute approximate surface area is 247 Å². The fourth-order valence-electron chi connectivity index (χ4n) is 5.67. The smallest absolute Gasteiger partial charge is 0.410 e. The predicted molar refractivity (Wildman–Crippen MR) is 151 cm³/mol. The number of carbonyl (C=O) groups is 2. The number of halogens is 3. The second kappa shape index (κ2) is 12.7. The molecule has 42 heavy (non-hydrogen) atoms. The zero-order valence-electron chi connectivity index (χ0n) is 22.9. The van der Waals surface area contributed by atoms with E-state index in [1.807, 2.05) is 11.0 Å². The van der Waals surface area contributed by atoms with Crippen LogP contribution in [0.1, 0.15) is 36.9 Å². The van der Waals surface area contributed by atoms with Crippen LogP contribution in [0.3, 0.4) is 0 Å². The van der Waals surface area contributed by atoms with Crippen molar-refractivity contribution in [1.82, 2.24) is 19.8 Å². The molecule has 2 amide bonds. The average molecular weight is 595 g/mol. The lowest BCUT2D eigenvalue weighted by Gasteiger charge is -2.34. The third-order valence-electron chi connectivity index (χ3n) is 7.89. The second-order valence-corrected chi connectivity index (χ2v) is 10.7. The van der Waals surface area contributed by atoms with Gasteiger partial charge in [0.1, 0.15) is 29.3 Å². The normalized spacial score (nSPS) is 18.9. The van der Waals surface area contributed by atoms with Crippen molar-refractivity contribution in [3.63, 3.8) is 0 Å². The van der Waals surface area contributed by atoms with Gasteiger partial charge in [-0.1, -0.05) is 17.7 Å². The van der Waals surface area contributed by atoms with E-state index < -0.39 is 23.8 Å². The van der Waals surface area contributed by atoms with Crippen LogP contribution in [0.5, 0.6) is 5.75 Å². The van der Waals surface area contributed by atoms with Gasteiger partial charge in [-0.05, 0) is 61.7 Å². The van der Waals surface area contributed by atoms with Crippen LogP contribution >= 0.6 is 11.6 Å². The number of anilines is 1. The number of hydrogen-bond acceptors (Lipinski definition) is 7. The van der Waals surface area contributed by atoms with Gasteiger partial charge in [0.2, 0.25) is 5.91 Å². The van der Waals surface area contributed by atoms with Gasteiger partial charge in [0.25, 0.3) is 0 Å². The maximum Gasteiger partial charge on any atom is 0.415 e. The minimum atomic E-state index is -0.639. The molecule has 0 bridgehead atoms. The number of amides is 2. The van der Waals surface area contributed by atoms with Crippen LogP contribution in [0.15, 0.2) is 54.9 Å². The first-order valence-corrected chi connectivity index (χ1v) is 14.1. The molecule has 2 atom stereocenters. The molecule has 0 saturated carbocycles. The van der Waals surface area contributed by atoms with Gasteiger partial charge in [0.15, 0.2) is 5.69 Å². The van der Waals surface area contributed by atoms with Crippen LogP contribution in [-0.2, 0) is 4.79 Å². The first-order chi connectivity index (χ1) is 20.3. The summed E-state index contributed by atoms with van der Waals surface area (Å²) < 4.78 is 33.4. The molecule has 1 aromatic heterocycles. The Morgan fingerprint density at radius 2 is 1.83 bits per heavy atom. The molecule has 2 aliphatic rings. The maximum absolute atomic E-state index is 14.5. The Morgan fingerprint density at radius 1 is 1.10 bits per heavy atom. The number of likely N-dealkylation sites (tertiary alicyclic amines) is 1. The van der Waals surface area contributed by atoms with E-state index in [4.69, 9.17) is 21.6 Å². The number of carbonyl (C=O) groups excluding carboxylic acids is 2. The Bertz CT molecular complexity index is 1480. The molecule has 3 aromatic rings. The van der Waals surface area contributed by atoms with Crippen molar-refractivity contribution in [2.24, 2.45) is 5.92 Å². The maximum atomic E-state index is 14.5. The van der Waals surface area contributed by atoms with Crippen molar-refractivity contribution >= 4 is 29.4 Å². The van der Waals surface area contributed by atoms with E-state index >= 15 is 0 Å². The van der Waals surface area contributed by atoms with E-state index in [1.54, 1.807) is 24.1 Å². The van der Waals surface area contributed by atoms with Crippen LogP contribution in [0.2, 0.25) is 5.02 Å². The standard InChI is InChI=1S/C30H29ClF2N6O3/c1-2-39(30(41)42-23-6-4-21(32)5-7-23)27-18-38(17-24(27)20-3-8-25(31)26(33)13-20)29(40)19-9-11-37(12-10-19)28-16-35-22(14-34)15-36-28/h3-8,13,15-16,19,24,27H,2,9-12,17-18H2,1H3/t24-,27+/m0/s1.